The molecule has 0 bridgehead atoms. The molecule has 120 valence electrons. The van der Waals surface area contributed by atoms with Crippen LogP contribution in [0.15, 0.2) is 47.6 Å². The highest BCUT2D eigenvalue weighted by Gasteiger charge is 2.05. The summed E-state index contributed by atoms with van der Waals surface area (Å²) in [6, 6.07) is 12.9. The van der Waals surface area contributed by atoms with Crippen LogP contribution in [-0.2, 0) is 6.61 Å². The van der Waals surface area contributed by atoms with Crippen molar-refractivity contribution < 1.29 is 4.74 Å². The molecule has 0 radical (unpaired) electrons. The molecule has 0 aromatic heterocycles. The standard InChI is InChI=1S/C16H15Cl2N3OS/c1-19-16(23)21-20-9-11-4-2-3-5-15(11)22-10-12-6-7-13(17)8-14(12)18/h2-9H,10H2,1H3,(H2,19,21,23). The van der Waals surface area contributed by atoms with E-state index in [-0.39, 0.29) is 0 Å². The zero-order chi connectivity index (χ0) is 16.7. The SMILES string of the molecule is CNC(=S)NN=Cc1ccccc1OCc1ccc(Cl)cc1Cl. The predicted molar refractivity (Wildman–Crippen MR) is 99.6 cm³/mol. The number of ether oxygens (including phenoxy) is 1. The molecule has 23 heavy (non-hydrogen) atoms. The van der Waals surface area contributed by atoms with Crippen molar-refractivity contribution in [1.82, 2.24) is 10.7 Å². The van der Waals surface area contributed by atoms with E-state index >= 15 is 0 Å². The number of benzene rings is 2. The molecule has 0 unspecified atom stereocenters. The quantitative estimate of drug-likeness (QED) is 0.476. The Labute approximate surface area is 150 Å². The maximum Gasteiger partial charge on any atom is 0.186 e. The van der Waals surface area contributed by atoms with Crippen LogP contribution in [0.4, 0.5) is 0 Å². The molecule has 0 amide bonds. The lowest BCUT2D eigenvalue weighted by Crippen LogP contribution is -2.28. The highest BCUT2D eigenvalue weighted by Crippen LogP contribution is 2.23. The molecule has 2 aromatic carbocycles. The van der Waals surface area contributed by atoms with Crippen LogP contribution in [-0.4, -0.2) is 18.4 Å². The van der Waals surface area contributed by atoms with E-state index < -0.39 is 0 Å². The van der Waals surface area contributed by atoms with E-state index in [1.165, 1.54) is 0 Å². The molecule has 0 saturated heterocycles. The van der Waals surface area contributed by atoms with Crippen LogP contribution >= 0.6 is 35.4 Å². The number of hydrazone groups is 1. The zero-order valence-electron chi connectivity index (χ0n) is 12.3. The van der Waals surface area contributed by atoms with Crippen molar-refractivity contribution in [3.05, 3.63) is 63.6 Å². The van der Waals surface area contributed by atoms with Gasteiger partial charge in [0.1, 0.15) is 12.4 Å². The maximum absolute atomic E-state index is 6.15. The molecule has 4 nitrogen and oxygen atoms in total. The van der Waals surface area contributed by atoms with E-state index in [1.54, 1.807) is 25.4 Å². The summed E-state index contributed by atoms with van der Waals surface area (Å²) in [6.07, 6.45) is 1.64. The van der Waals surface area contributed by atoms with Gasteiger partial charge in [0.25, 0.3) is 0 Å². The van der Waals surface area contributed by atoms with Gasteiger partial charge in [0.15, 0.2) is 5.11 Å². The molecule has 0 aliphatic carbocycles. The fourth-order valence-electron chi connectivity index (χ4n) is 1.73. The molecule has 0 spiro atoms. The normalized spacial score (nSPS) is 10.6. The van der Waals surface area contributed by atoms with Crippen molar-refractivity contribution in [1.29, 1.82) is 0 Å². The van der Waals surface area contributed by atoms with Crippen LogP contribution in [0.3, 0.4) is 0 Å². The topological polar surface area (TPSA) is 45.7 Å². The van der Waals surface area contributed by atoms with Crippen molar-refractivity contribution in [2.45, 2.75) is 6.61 Å². The fourth-order valence-corrected chi connectivity index (χ4v) is 2.24. The highest BCUT2D eigenvalue weighted by molar-refractivity contribution is 7.80. The summed E-state index contributed by atoms with van der Waals surface area (Å²) in [5.74, 6) is 0.694. The van der Waals surface area contributed by atoms with Gasteiger partial charge in [0, 0.05) is 28.2 Å². The Hall–Kier alpha value is -1.82. The summed E-state index contributed by atoms with van der Waals surface area (Å²) < 4.78 is 5.83. The Kier molecular flexibility index (Phi) is 6.65. The Balaban J connectivity index is 2.06. The lowest BCUT2D eigenvalue weighted by molar-refractivity contribution is 0.306. The average molecular weight is 368 g/mol. The van der Waals surface area contributed by atoms with Crippen LogP contribution in [0.1, 0.15) is 11.1 Å². The van der Waals surface area contributed by atoms with Crippen molar-refractivity contribution in [3.8, 4) is 5.75 Å². The second kappa shape index (κ2) is 8.72. The van der Waals surface area contributed by atoms with Gasteiger partial charge in [-0.1, -0.05) is 41.4 Å². The molecule has 2 rings (SSSR count). The van der Waals surface area contributed by atoms with Gasteiger partial charge < -0.3 is 10.1 Å². The van der Waals surface area contributed by atoms with Crippen LogP contribution in [0.2, 0.25) is 10.0 Å². The third kappa shape index (κ3) is 5.39. The summed E-state index contributed by atoms with van der Waals surface area (Å²) in [5, 5.41) is 8.43. The third-order valence-electron chi connectivity index (χ3n) is 2.91. The van der Waals surface area contributed by atoms with Crippen LogP contribution in [0.25, 0.3) is 0 Å². The van der Waals surface area contributed by atoms with Crippen molar-refractivity contribution >= 4 is 46.7 Å². The first-order valence-electron chi connectivity index (χ1n) is 6.76. The van der Waals surface area contributed by atoms with E-state index in [0.717, 1.165) is 11.1 Å². The number of rotatable bonds is 5. The Morgan fingerprint density at radius 1 is 1.26 bits per heavy atom. The number of hydrogen-bond acceptors (Lipinski definition) is 3. The summed E-state index contributed by atoms with van der Waals surface area (Å²) in [6.45, 7) is 0.337. The minimum absolute atomic E-state index is 0.337. The van der Waals surface area contributed by atoms with Crippen LogP contribution < -0.4 is 15.5 Å². The molecular formula is C16H15Cl2N3OS. The Bertz CT molecular complexity index is 722. The van der Waals surface area contributed by atoms with Gasteiger partial charge in [0.05, 0.1) is 6.21 Å². The molecule has 0 aliphatic heterocycles. The number of halogens is 2. The van der Waals surface area contributed by atoms with E-state index in [2.05, 4.69) is 15.8 Å². The fraction of sp³-hybridized carbons (Fsp3) is 0.125. The van der Waals surface area contributed by atoms with Crippen molar-refractivity contribution in [2.75, 3.05) is 7.05 Å². The molecule has 7 heteroatoms. The summed E-state index contributed by atoms with van der Waals surface area (Å²) >= 11 is 17.0. The lowest BCUT2D eigenvalue weighted by Gasteiger charge is -2.10. The van der Waals surface area contributed by atoms with Gasteiger partial charge in [-0.15, -0.1) is 0 Å². The predicted octanol–water partition coefficient (Wildman–Crippen LogP) is 4.00. The Morgan fingerprint density at radius 3 is 2.78 bits per heavy atom. The minimum atomic E-state index is 0.337. The first-order valence-corrected chi connectivity index (χ1v) is 7.93. The average Bonchev–Trinajstić information content (AvgIpc) is 2.55. The number of para-hydroxylation sites is 1. The molecule has 0 heterocycles. The van der Waals surface area contributed by atoms with Crippen molar-refractivity contribution in [3.63, 3.8) is 0 Å². The van der Waals surface area contributed by atoms with Gasteiger partial charge in [-0.3, -0.25) is 5.43 Å². The number of thiocarbonyl (C=S) groups is 1. The summed E-state index contributed by atoms with van der Waals surface area (Å²) in [5.41, 5.74) is 4.38. The first-order chi connectivity index (χ1) is 11.1. The lowest BCUT2D eigenvalue weighted by atomic mass is 10.2. The van der Waals surface area contributed by atoms with Gasteiger partial charge >= 0.3 is 0 Å². The van der Waals surface area contributed by atoms with E-state index in [4.69, 9.17) is 40.2 Å². The van der Waals surface area contributed by atoms with Gasteiger partial charge in [-0.2, -0.15) is 5.10 Å². The van der Waals surface area contributed by atoms with E-state index in [1.807, 2.05) is 30.3 Å². The monoisotopic (exact) mass is 367 g/mol. The van der Waals surface area contributed by atoms with Crippen LogP contribution in [0, 0.1) is 0 Å². The number of nitrogens with zero attached hydrogens (tertiary/aromatic N) is 1. The van der Waals surface area contributed by atoms with Gasteiger partial charge in [0.2, 0.25) is 0 Å². The third-order valence-corrected chi connectivity index (χ3v) is 3.80. The molecule has 0 saturated carbocycles. The zero-order valence-corrected chi connectivity index (χ0v) is 14.7. The smallest absolute Gasteiger partial charge is 0.186 e. The molecule has 2 aromatic rings. The maximum atomic E-state index is 6.15. The van der Waals surface area contributed by atoms with E-state index in [0.29, 0.717) is 27.5 Å². The second-order valence-electron chi connectivity index (χ2n) is 4.51. The van der Waals surface area contributed by atoms with Gasteiger partial charge in [-0.05, 0) is 36.5 Å². The summed E-state index contributed by atoms with van der Waals surface area (Å²) in [4.78, 5) is 0. The van der Waals surface area contributed by atoms with E-state index in [9.17, 15) is 0 Å². The largest absolute Gasteiger partial charge is 0.488 e. The van der Waals surface area contributed by atoms with Gasteiger partial charge in [-0.25, -0.2) is 0 Å². The summed E-state index contributed by atoms with van der Waals surface area (Å²) in [7, 11) is 1.72. The number of nitrogens with one attached hydrogen (secondary N) is 2. The second-order valence-corrected chi connectivity index (χ2v) is 5.76. The van der Waals surface area contributed by atoms with Crippen LogP contribution in [0.5, 0.6) is 5.75 Å². The first kappa shape index (κ1) is 17.5. The Morgan fingerprint density at radius 2 is 2.04 bits per heavy atom. The number of hydrogen-bond donors (Lipinski definition) is 2. The minimum Gasteiger partial charge on any atom is -0.488 e. The van der Waals surface area contributed by atoms with Crippen molar-refractivity contribution in [2.24, 2.45) is 5.10 Å². The molecule has 0 aliphatic rings. The highest BCUT2D eigenvalue weighted by atomic mass is 35.5. The molecular weight excluding hydrogens is 353 g/mol. The molecule has 0 fully saturated rings. The molecule has 2 N–H and O–H groups in total. The molecule has 0 atom stereocenters.